The van der Waals surface area contributed by atoms with Crippen molar-refractivity contribution in [3.63, 3.8) is 0 Å². The first-order chi connectivity index (χ1) is 14.1. The number of carbonyl (C=O) groups excluding carboxylic acids is 1. The average Bonchev–Trinajstić information content (AvgIpc) is 3.32. The van der Waals surface area contributed by atoms with Gasteiger partial charge in [-0.25, -0.2) is 0 Å². The minimum absolute atomic E-state index is 0.000960. The van der Waals surface area contributed by atoms with Crippen molar-refractivity contribution in [3.05, 3.63) is 23.7 Å². The van der Waals surface area contributed by atoms with Gasteiger partial charge in [-0.3, -0.25) is 4.79 Å². The number of rotatable bonds is 8. The van der Waals surface area contributed by atoms with Crippen LogP contribution in [0.2, 0.25) is 0 Å². The first-order valence-corrected chi connectivity index (χ1v) is 11.6. The smallest absolute Gasteiger partial charge is 0.220 e. The summed E-state index contributed by atoms with van der Waals surface area (Å²) in [5.41, 5.74) is -0.541. The van der Waals surface area contributed by atoms with E-state index in [0.717, 1.165) is 50.7 Å². The summed E-state index contributed by atoms with van der Waals surface area (Å²) in [4.78, 5) is 12.5. The third-order valence-electron chi connectivity index (χ3n) is 7.99. The van der Waals surface area contributed by atoms with E-state index < -0.39 is 5.60 Å². The molecule has 0 radical (unpaired) electrons. The van der Waals surface area contributed by atoms with Crippen molar-refractivity contribution in [2.75, 3.05) is 0 Å². The van der Waals surface area contributed by atoms with Crippen molar-refractivity contribution in [1.82, 2.24) is 10.6 Å². The van der Waals surface area contributed by atoms with E-state index in [9.17, 15) is 15.0 Å². The van der Waals surface area contributed by atoms with Gasteiger partial charge in [0, 0.05) is 18.5 Å². The van der Waals surface area contributed by atoms with E-state index in [2.05, 4.69) is 24.5 Å². The second-order valence-corrected chi connectivity index (χ2v) is 11.0. The Bertz CT molecular complexity index is 767. The van der Waals surface area contributed by atoms with Crippen molar-refractivity contribution in [1.29, 1.82) is 0 Å². The third kappa shape index (κ3) is 4.46. The maximum Gasteiger partial charge on any atom is 0.220 e. The molecule has 168 valence electrons. The van der Waals surface area contributed by atoms with Gasteiger partial charge in [0.2, 0.25) is 5.91 Å². The molecule has 3 fully saturated rings. The van der Waals surface area contributed by atoms with Crippen molar-refractivity contribution < 1.29 is 19.4 Å². The Morgan fingerprint density at radius 3 is 2.57 bits per heavy atom. The molecule has 0 aromatic carbocycles. The molecule has 1 aromatic rings. The van der Waals surface area contributed by atoms with E-state index in [-0.39, 0.29) is 29.4 Å². The van der Waals surface area contributed by atoms with Crippen LogP contribution in [-0.4, -0.2) is 33.8 Å². The lowest BCUT2D eigenvalue weighted by Crippen LogP contribution is -2.51. The molecule has 30 heavy (non-hydrogen) atoms. The number of carbonyl (C=O) groups is 1. The number of aliphatic hydroxyl groups excluding tert-OH is 1. The molecule has 0 saturated heterocycles. The third-order valence-corrected chi connectivity index (χ3v) is 7.99. The zero-order valence-electron chi connectivity index (χ0n) is 18.7. The quantitative estimate of drug-likeness (QED) is 0.520. The Hall–Kier alpha value is -1.37. The van der Waals surface area contributed by atoms with Crippen molar-refractivity contribution in [2.24, 2.45) is 16.7 Å². The molecule has 0 aliphatic heterocycles. The number of furan rings is 1. The highest BCUT2D eigenvalue weighted by molar-refractivity contribution is 5.76. The molecule has 4 atom stereocenters. The largest absolute Gasteiger partial charge is 0.462 e. The number of hydrogen-bond donors (Lipinski definition) is 4. The van der Waals surface area contributed by atoms with Crippen LogP contribution in [0.15, 0.2) is 16.5 Å². The topological polar surface area (TPSA) is 94.7 Å². The Morgan fingerprint density at radius 1 is 1.17 bits per heavy atom. The van der Waals surface area contributed by atoms with Gasteiger partial charge in [0.05, 0.1) is 12.1 Å². The lowest BCUT2D eigenvalue weighted by atomic mass is 9.57. The van der Waals surface area contributed by atoms with Crippen LogP contribution < -0.4 is 10.6 Å². The number of nitrogens with one attached hydrogen (secondary N) is 2. The molecule has 4 unspecified atom stereocenters. The molecule has 1 heterocycles. The summed E-state index contributed by atoms with van der Waals surface area (Å²) in [6, 6.07) is 4.39. The monoisotopic (exact) mass is 418 g/mol. The SMILES string of the molecule is CC1(O)CCC2(CCC(=O)NC3CC3)C(NCc3ccc(CO)o3)CC(C)(C)C2C1. The zero-order chi connectivity index (χ0) is 21.6. The predicted molar refractivity (Wildman–Crippen MR) is 114 cm³/mol. The molecule has 4 N–H and O–H groups in total. The molecule has 4 rings (SSSR count). The molecule has 6 nitrogen and oxygen atoms in total. The van der Waals surface area contributed by atoms with Crippen LogP contribution in [-0.2, 0) is 17.9 Å². The summed E-state index contributed by atoms with van der Waals surface area (Å²) in [6.45, 7) is 7.12. The summed E-state index contributed by atoms with van der Waals surface area (Å²) in [5.74, 6) is 1.94. The summed E-state index contributed by atoms with van der Waals surface area (Å²) in [6.07, 6.45) is 7.15. The van der Waals surface area contributed by atoms with E-state index >= 15 is 0 Å². The summed E-state index contributed by atoms with van der Waals surface area (Å²) in [7, 11) is 0. The minimum Gasteiger partial charge on any atom is -0.462 e. The normalized spacial score (nSPS) is 35.2. The Balaban J connectivity index is 1.52. The fourth-order valence-electron chi connectivity index (χ4n) is 6.21. The zero-order valence-corrected chi connectivity index (χ0v) is 18.7. The second-order valence-electron chi connectivity index (χ2n) is 11.0. The molecule has 3 saturated carbocycles. The fraction of sp³-hybridized carbons (Fsp3) is 0.792. The minimum atomic E-state index is -0.631. The maximum absolute atomic E-state index is 12.5. The fourth-order valence-corrected chi connectivity index (χ4v) is 6.21. The Labute approximate surface area is 179 Å². The second kappa shape index (κ2) is 7.95. The summed E-state index contributed by atoms with van der Waals surface area (Å²) < 4.78 is 5.68. The van der Waals surface area contributed by atoms with Crippen LogP contribution in [0.1, 0.15) is 83.7 Å². The molecule has 1 aromatic heterocycles. The first kappa shape index (κ1) is 21.8. The van der Waals surface area contributed by atoms with Crippen LogP contribution in [0.5, 0.6) is 0 Å². The van der Waals surface area contributed by atoms with Gasteiger partial charge in [-0.15, -0.1) is 0 Å². The number of amides is 1. The standard InChI is InChI=1S/C24H38N2O4/c1-22(2)13-20(25-14-17-6-7-18(15-27)30-17)24(9-8-21(28)26-16-4-5-16)11-10-23(3,29)12-19(22)24/h6-7,16,19-20,25,27,29H,4-5,8-15H2,1-3H3,(H,26,28). The average molecular weight is 419 g/mol. The Kier molecular flexibility index (Phi) is 5.79. The van der Waals surface area contributed by atoms with Crippen LogP contribution in [0.3, 0.4) is 0 Å². The number of aliphatic hydroxyl groups is 2. The van der Waals surface area contributed by atoms with Crippen LogP contribution >= 0.6 is 0 Å². The first-order valence-electron chi connectivity index (χ1n) is 11.6. The van der Waals surface area contributed by atoms with E-state index in [1.807, 2.05) is 19.1 Å². The molecular weight excluding hydrogens is 380 g/mol. The maximum atomic E-state index is 12.5. The van der Waals surface area contributed by atoms with E-state index in [1.54, 1.807) is 0 Å². The molecule has 6 heteroatoms. The van der Waals surface area contributed by atoms with Gasteiger partial charge in [0.25, 0.3) is 0 Å². The lowest BCUT2D eigenvalue weighted by Gasteiger charge is -2.51. The molecule has 0 bridgehead atoms. The molecule has 3 aliphatic carbocycles. The van der Waals surface area contributed by atoms with E-state index in [4.69, 9.17) is 4.42 Å². The van der Waals surface area contributed by atoms with Crippen LogP contribution in [0.4, 0.5) is 0 Å². The molecular formula is C24H38N2O4. The lowest BCUT2D eigenvalue weighted by molar-refractivity contribution is -0.123. The van der Waals surface area contributed by atoms with Gasteiger partial charge in [-0.1, -0.05) is 13.8 Å². The molecule has 0 spiro atoms. The van der Waals surface area contributed by atoms with Crippen LogP contribution in [0, 0.1) is 16.7 Å². The van der Waals surface area contributed by atoms with Gasteiger partial charge >= 0.3 is 0 Å². The van der Waals surface area contributed by atoms with E-state index in [1.165, 1.54) is 0 Å². The Morgan fingerprint density at radius 2 is 1.90 bits per heavy atom. The summed E-state index contributed by atoms with van der Waals surface area (Å²) >= 11 is 0. The van der Waals surface area contributed by atoms with Crippen molar-refractivity contribution in [2.45, 2.75) is 103 Å². The van der Waals surface area contributed by atoms with E-state index in [0.29, 0.717) is 30.7 Å². The van der Waals surface area contributed by atoms with Gasteiger partial charge in [0.1, 0.15) is 18.1 Å². The molecule has 3 aliphatic rings. The summed E-state index contributed by atoms with van der Waals surface area (Å²) in [5, 5.41) is 27.0. The van der Waals surface area contributed by atoms with Gasteiger partial charge in [0.15, 0.2) is 0 Å². The van der Waals surface area contributed by atoms with Gasteiger partial charge in [-0.2, -0.15) is 0 Å². The highest BCUT2D eigenvalue weighted by atomic mass is 16.4. The number of fused-ring (bicyclic) bond motifs is 1. The highest BCUT2D eigenvalue weighted by Crippen LogP contribution is 2.63. The predicted octanol–water partition coefficient (Wildman–Crippen LogP) is 3.26. The highest BCUT2D eigenvalue weighted by Gasteiger charge is 2.61. The van der Waals surface area contributed by atoms with Gasteiger partial charge in [-0.05, 0) is 80.8 Å². The van der Waals surface area contributed by atoms with Crippen molar-refractivity contribution >= 4 is 5.91 Å². The molecule has 1 amide bonds. The van der Waals surface area contributed by atoms with Crippen LogP contribution in [0.25, 0.3) is 0 Å². The number of hydrogen-bond acceptors (Lipinski definition) is 5. The van der Waals surface area contributed by atoms with Crippen molar-refractivity contribution in [3.8, 4) is 0 Å². The van der Waals surface area contributed by atoms with Gasteiger partial charge < -0.3 is 25.3 Å².